The molecule has 0 fully saturated rings. The van der Waals surface area contributed by atoms with E-state index in [9.17, 15) is 0 Å². The molecule has 0 radical (unpaired) electrons. The molecular weight excluding hydrogens is 957 g/mol. The van der Waals surface area contributed by atoms with E-state index in [1.54, 1.807) is 39.9 Å². The van der Waals surface area contributed by atoms with Crippen LogP contribution in [0.25, 0.3) is 0 Å². The van der Waals surface area contributed by atoms with Gasteiger partial charge >= 0.3 is 277 Å². The van der Waals surface area contributed by atoms with Crippen molar-refractivity contribution in [3.63, 3.8) is 0 Å². The van der Waals surface area contributed by atoms with Crippen molar-refractivity contribution in [2.24, 2.45) is 0 Å². The van der Waals surface area contributed by atoms with E-state index in [1.807, 2.05) is 0 Å². The Morgan fingerprint density at radius 1 is 0.294 bits per heavy atom. The van der Waals surface area contributed by atoms with Crippen molar-refractivity contribution < 1.29 is 29.7 Å². The summed E-state index contributed by atoms with van der Waals surface area (Å²) in [6.07, 6.45) is 26.5. The molecule has 0 aliphatic rings. The van der Waals surface area contributed by atoms with E-state index < -0.39 is 77.2 Å². The zero-order valence-electron chi connectivity index (χ0n) is 36.5. The summed E-state index contributed by atoms with van der Waals surface area (Å²) >= 11 is -2.52. The Hall–Kier alpha value is 0.806. The number of hydrogen-bond donors (Lipinski definition) is 0. The summed E-state index contributed by atoms with van der Waals surface area (Å²) < 4.78 is 15.1. The average Bonchev–Trinajstić information content (AvgIpc) is 3.07. The summed E-state index contributed by atoms with van der Waals surface area (Å²) in [7, 11) is 0. The fraction of sp³-hybridized carbons (Fsp3) is 0.929. The molecule has 0 saturated heterocycles. The summed E-state index contributed by atoms with van der Waals surface area (Å²) in [5, 5.41) is 26.7. The van der Waals surface area contributed by atoms with Gasteiger partial charge in [-0.25, -0.2) is 0 Å². The van der Waals surface area contributed by atoms with Gasteiger partial charge in [-0.1, -0.05) is 0 Å². The Morgan fingerprint density at radius 3 is 0.431 bits per heavy atom. The van der Waals surface area contributed by atoms with Gasteiger partial charge in [0, 0.05) is 17.9 Å². The van der Waals surface area contributed by atoms with Crippen LogP contribution in [-0.2, 0) is 14.4 Å². The first-order valence-corrected chi connectivity index (χ1v) is 39.4. The van der Waals surface area contributed by atoms with Crippen LogP contribution in [0, 0.1) is 0 Å². The van der Waals surface area contributed by atoms with Gasteiger partial charge in [0.1, 0.15) is 0 Å². The van der Waals surface area contributed by atoms with Crippen molar-refractivity contribution >= 4 is 77.2 Å². The fourth-order valence-corrected chi connectivity index (χ4v) is 33.3. The minimum atomic E-state index is -1.08. The van der Waals surface area contributed by atoms with Gasteiger partial charge in [-0.15, -0.1) is 0 Å². The molecule has 0 spiro atoms. The Morgan fingerprint density at radius 2 is 0.373 bits per heavy atom. The zero-order chi connectivity index (χ0) is 40.6. The average molecular weight is 1050 g/mol. The van der Waals surface area contributed by atoms with Gasteiger partial charge in [0.15, 0.2) is 0 Å². The Balaban J connectivity index is -0.000000128. The van der Waals surface area contributed by atoms with Crippen molar-refractivity contribution in [3.05, 3.63) is 0 Å². The third-order valence-electron chi connectivity index (χ3n) is 7.95. The Kier molecular flexibility index (Phi) is 75.1. The number of hydrogen-bond acceptors (Lipinski definition) is 6. The van der Waals surface area contributed by atoms with E-state index in [0.717, 1.165) is 20.8 Å². The number of carboxylic acid groups (broad SMARTS) is 3. The van der Waals surface area contributed by atoms with E-state index in [1.165, 1.54) is 116 Å². The molecule has 0 saturated carbocycles. The molecule has 0 heterocycles. The predicted molar refractivity (Wildman–Crippen MR) is 227 cm³/mol. The van der Waals surface area contributed by atoms with Crippen LogP contribution in [0.5, 0.6) is 0 Å². The van der Waals surface area contributed by atoms with Crippen LogP contribution >= 0.6 is 0 Å². The van der Waals surface area contributed by atoms with Gasteiger partial charge in [0.25, 0.3) is 0 Å². The number of unbranched alkanes of at least 4 members (excludes halogenated alkanes) is 9. The van der Waals surface area contributed by atoms with Gasteiger partial charge in [-0.2, -0.15) is 0 Å². The fourth-order valence-electron chi connectivity index (χ4n) is 4.97. The molecule has 0 aromatic carbocycles. The molecule has 0 unspecified atom stereocenters. The van der Waals surface area contributed by atoms with E-state index >= 15 is 0 Å². The predicted octanol–water partition coefficient (Wildman–Crippen LogP) is 10.9. The first-order chi connectivity index (χ1) is 24.2. The number of carboxylic acids is 3. The second kappa shape index (κ2) is 60.1. The first-order valence-electron chi connectivity index (χ1n) is 21.3. The maximum absolute atomic E-state index is 8.89. The van der Waals surface area contributed by atoms with Gasteiger partial charge < -0.3 is 29.7 Å². The van der Waals surface area contributed by atoms with E-state index in [-0.39, 0.29) is 0 Å². The molecule has 0 amide bonds. The second-order valence-electron chi connectivity index (χ2n) is 13.7. The van der Waals surface area contributed by atoms with Gasteiger partial charge in [-0.3, -0.25) is 0 Å². The minimum absolute atomic E-state index is 0.839. The van der Waals surface area contributed by atoms with Crippen LogP contribution in [0.2, 0.25) is 39.9 Å². The molecule has 0 aromatic rings. The normalized spacial score (nSPS) is 9.41. The number of carbonyl (C=O) groups is 3. The molecule has 0 aliphatic carbocycles. The molecule has 51 heavy (non-hydrogen) atoms. The summed E-state index contributed by atoms with van der Waals surface area (Å²) in [4.78, 5) is 26.7. The molecule has 0 N–H and O–H groups in total. The van der Waals surface area contributed by atoms with Crippen molar-refractivity contribution in [2.45, 2.75) is 239 Å². The first kappa shape index (κ1) is 63.7. The second-order valence-corrected chi connectivity index (χ2v) is 39.3. The van der Waals surface area contributed by atoms with Crippen molar-refractivity contribution in [3.8, 4) is 0 Å². The SMILES string of the molecule is CC(=O)[O-].CC(=O)[O-].CC(=O)[O-].CCC[CH2][Sn+]([CH2]CCC)[CH2]CCC.CCC[CH2][Sn+]([CH2]CCC)[CH2]CCC.CCC[CH2][Sn+]([CH2]CCC)[CH2]CCC. The summed E-state index contributed by atoms with van der Waals surface area (Å²) in [5.74, 6) is -3.25. The van der Waals surface area contributed by atoms with Crippen LogP contribution in [-0.4, -0.2) is 77.2 Å². The molecule has 9 heteroatoms. The molecule has 0 bridgehead atoms. The molecule has 0 aromatic heterocycles. The Bertz CT molecular complexity index is 497. The van der Waals surface area contributed by atoms with Crippen LogP contribution in [0.3, 0.4) is 0 Å². The third-order valence-corrected chi connectivity index (χ3v) is 35.2. The summed E-state index contributed by atoms with van der Waals surface area (Å²) in [6.45, 7) is 23.9. The van der Waals surface area contributed by atoms with Gasteiger partial charge in [0.05, 0.1) is 0 Å². The zero-order valence-corrected chi connectivity index (χ0v) is 45.1. The molecule has 0 atom stereocenters. The molecule has 306 valence electrons. The summed E-state index contributed by atoms with van der Waals surface area (Å²) in [6, 6.07) is 0. The van der Waals surface area contributed by atoms with Crippen LogP contribution in [0.4, 0.5) is 0 Å². The van der Waals surface area contributed by atoms with E-state index in [0.29, 0.717) is 0 Å². The van der Waals surface area contributed by atoms with E-state index in [4.69, 9.17) is 29.7 Å². The monoisotopic (exact) mass is 1050 g/mol. The maximum atomic E-state index is 8.89. The number of rotatable bonds is 27. The van der Waals surface area contributed by atoms with Crippen molar-refractivity contribution in [1.82, 2.24) is 0 Å². The van der Waals surface area contributed by atoms with Crippen molar-refractivity contribution in [2.75, 3.05) is 0 Å². The number of aliphatic carboxylic acids is 3. The summed E-state index contributed by atoms with van der Waals surface area (Å²) in [5.41, 5.74) is 0. The molecule has 0 aliphatic heterocycles. The van der Waals surface area contributed by atoms with Crippen LogP contribution in [0.1, 0.15) is 199 Å². The standard InChI is InChI=1S/9C4H9.3C2H4O2.3Sn/c9*1-3-4-2;3*1-2(3)4;;;/h9*1,3-4H2,2H3;3*1H3,(H,3,4);;;/q;;;;;;;;;;;;3*+1/p-3. The van der Waals surface area contributed by atoms with Crippen LogP contribution in [0.15, 0.2) is 0 Å². The van der Waals surface area contributed by atoms with E-state index in [2.05, 4.69) is 62.3 Å². The number of carbonyl (C=O) groups excluding carboxylic acids is 3. The topological polar surface area (TPSA) is 120 Å². The quantitative estimate of drug-likeness (QED) is 0.0756. The Labute approximate surface area is 342 Å². The molecular formula is C42H90O6Sn3. The van der Waals surface area contributed by atoms with Crippen molar-refractivity contribution in [1.29, 1.82) is 0 Å². The van der Waals surface area contributed by atoms with Gasteiger partial charge in [0.2, 0.25) is 0 Å². The third kappa shape index (κ3) is 89.3. The van der Waals surface area contributed by atoms with Gasteiger partial charge in [-0.05, 0) is 20.8 Å². The van der Waals surface area contributed by atoms with Crippen LogP contribution < -0.4 is 15.3 Å². The molecule has 6 nitrogen and oxygen atoms in total. The molecule has 0 rings (SSSR count).